The van der Waals surface area contributed by atoms with E-state index in [0.29, 0.717) is 16.7 Å². The first-order chi connectivity index (χ1) is 32.0. The molecule has 0 aliphatic carbocycles. The second-order valence-corrected chi connectivity index (χ2v) is 20.3. The highest BCUT2D eigenvalue weighted by molar-refractivity contribution is 6.09. The van der Waals surface area contributed by atoms with Crippen LogP contribution in [-0.4, -0.2) is 103 Å². The topological polar surface area (TPSA) is 266 Å². The molecule has 0 saturated carbocycles. The second kappa shape index (κ2) is 23.0. The van der Waals surface area contributed by atoms with Crippen molar-refractivity contribution < 1.29 is 48.9 Å². The van der Waals surface area contributed by atoms with Crippen LogP contribution in [0.4, 0.5) is 0 Å². The molecule has 0 fully saturated rings. The summed E-state index contributed by atoms with van der Waals surface area (Å²) in [6, 6.07) is 26.4. The lowest BCUT2D eigenvalue weighted by atomic mass is 9.85. The molecule has 69 heavy (non-hydrogen) atoms. The molecule has 0 radical (unpaired) electrons. The van der Waals surface area contributed by atoms with Crippen LogP contribution >= 0.6 is 0 Å². The van der Waals surface area contributed by atoms with E-state index in [4.69, 9.17) is 5.73 Å². The van der Waals surface area contributed by atoms with Gasteiger partial charge in [-0.15, -0.1) is 0 Å². The van der Waals surface area contributed by atoms with E-state index in [1.807, 2.05) is 42.5 Å². The summed E-state index contributed by atoms with van der Waals surface area (Å²) in [5.41, 5.74) is 2.52. The normalized spacial score (nSPS) is 14.9. The molecule has 0 heterocycles. The zero-order valence-electron chi connectivity index (χ0n) is 41.3. The van der Waals surface area contributed by atoms with Gasteiger partial charge in [0.05, 0.1) is 22.7 Å². The maximum atomic E-state index is 14.5. The standard InChI is InChI=1S/C53H70N6O10/c1-31(26-41(60)50(3,4)54)44(63)57-53(9,10)49(69)56-40(29-34-22-23-35-16-14-15-19-38(35)28-34)46(65)59-51(5,6)42(61)30-39(45(64)58-52(7,8)48(68)55-32(2)47(66)67)27-33-20-24-37(25-21-33)43(62)36-17-12-11-13-18-36/h11-25,28,31-32,39-40,44,46,57,59,63,65H,26-27,29-30,54H2,1-10H3,(H,55,68)(H,56,69)(H,58,64)(H,66,67)/t31?,32?,39?,40?,44-,46-/m0/s1. The quantitative estimate of drug-likeness (QED) is 0.0335. The number of carboxylic acid groups (broad SMARTS) is 1. The van der Waals surface area contributed by atoms with Gasteiger partial charge in [0.25, 0.3) is 0 Å². The van der Waals surface area contributed by atoms with Crippen molar-refractivity contribution in [2.24, 2.45) is 17.6 Å². The molecule has 4 unspecified atom stereocenters. The number of hydrogen-bond donors (Lipinski definition) is 9. The fourth-order valence-electron chi connectivity index (χ4n) is 7.48. The number of aliphatic hydroxyl groups is 2. The molecule has 0 saturated heterocycles. The third-order valence-corrected chi connectivity index (χ3v) is 12.3. The number of amides is 3. The highest BCUT2D eigenvalue weighted by Crippen LogP contribution is 2.24. The van der Waals surface area contributed by atoms with Crippen LogP contribution < -0.4 is 32.3 Å². The van der Waals surface area contributed by atoms with Crippen molar-refractivity contribution in [2.45, 2.75) is 142 Å². The van der Waals surface area contributed by atoms with Crippen molar-refractivity contribution >= 4 is 51.8 Å². The number of nitrogens with two attached hydrogens (primary N) is 1. The highest BCUT2D eigenvalue weighted by Gasteiger charge is 2.40. The summed E-state index contributed by atoms with van der Waals surface area (Å²) in [5, 5.41) is 48.2. The fraction of sp³-hybridized carbons (Fsp3) is 0.453. The van der Waals surface area contributed by atoms with E-state index in [1.54, 1.807) is 89.2 Å². The van der Waals surface area contributed by atoms with Gasteiger partial charge in [0.15, 0.2) is 17.3 Å². The van der Waals surface area contributed by atoms with Crippen LogP contribution in [0, 0.1) is 11.8 Å². The number of carbonyl (C=O) groups excluding carboxylic acids is 6. The molecule has 4 aromatic rings. The molecule has 3 amide bonds. The molecular formula is C53H70N6O10. The number of rotatable bonds is 25. The van der Waals surface area contributed by atoms with Gasteiger partial charge in [-0.05, 0) is 97.1 Å². The molecular weight excluding hydrogens is 881 g/mol. The molecule has 0 bridgehead atoms. The maximum Gasteiger partial charge on any atom is 0.325 e. The van der Waals surface area contributed by atoms with Crippen molar-refractivity contribution in [1.29, 1.82) is 0 Å². The van der Waals surface area contributed by atoms with E-state index < -0.39 is 94.4 Å². The monoisotopic (exact) mass is 951 g/mol. The van der Waals surface area contributed by atoms with Crippen LogP contribution in [-0.2, 0) is 41.6 Å². The SMILES string of the molecule is CC(NC(=O)C(C)(C)NC(=O)C(CC(=O)C(C)(C)N[C@@H](O)C(Cc1ccc2ccccc2c1)NC(=O)C(C)(C)N[C@@H](O)C(C)CC(=O)C(C)(C)N)Cc1ccc(C(=O)c2ccccc2)cc1)C(=O)O. The predicted molar refractivity (Wildman–Crippen MR) is 264 cm³/mol. The van der Waals surface area contributed by atoms with Crippen LogP contribution in [0.1, 0.15) is 109 Å². The molecule has 372 valence electrons. The van der Waals surface area contributed by atoms with E-state index in [9.17, 15) is 48.9 Å². The Bertz CT molecular complexity index is 2480. The molecule has 0 aliphatic heterocycles. The summed E-state index contributed by atoms with van der Waals surface area (Å²) in [7, 11) is 0. The van der Waals surface area contributed by atoms with Crippen LogP contribution in [0.5, 0.6) is 0 Å². The molecule has 16 nitrogen and oxygen atoms in total. The number of ketones is 3. The number of carboxylic acids is 1. The first-order valence-corrected chi connectivity index (χ1v) is 23.1. The van der Waals surface area contributed by atoms with Crippen molar-refractivity contribution in [3.63, 3.8) is 0 Å². The predicted octanol–water partition coefficient (Wildman–Crippen LogP) is 4.11. The average molecular weight is 951 g/mol. The van der Waals surface area contributed by atoms with Gasteiger partial charge < -0.3 is 37.0 Å². The van der Waals surface area contributed by atoms with E-state index >= 15 is 0 Å². The van der Waals surface area contributed by atoms with Crippen LogP contribution in [0.2, 0.25) is 0 Å². The van der Waals surface area contributed by atoms with E-state index in [1.165, 1.54) is 34.6 Å². The van der Waals surface area contributed by atoms with Crippen molar-refractivity contribution in [1.82, 2.24) is 26.6 Å². The summed E-state index contributed by atoms with van der Waals surface area (Å²) < 4.78 is 0. The summed E-state index contributed by atoms with van der Waals surface area (Å²) in [4.78, 5) is 93.2. The van der Waals surface area contributed by atoms with Crippen LogP contribution in [0.25, 0.3) is 10.8 Å². The highest BCUT2D eigenvalue weighted by atomic mass is 16.4. The number of aliphatic carboxylic acids is 1. The number of hydrogen-bond acceptors (Lipinski definition) is 12. The minimum absolute atomic E-state index is 0.00934. The number of carbonyl (C=O) groups is 7. The fourth-order valence-corrected chi connectivity index (χ4v) is 7.48. The Labute approximate surface area is 404 Å². The molecule has 0 spiro atoms. The Morgan fingerprint density at radius 2 is 1.12 bits per heavy atom. The molecule has 0 aliphatic rings. The van der Waals surface area contributed by atoms with Gasteiger partial charge in [0, 0.05) is 35.8 Å². The largest absolute Gasteiger partial charge is 0.480 e. The van der Waals surface area contributed by atoms with Crippen molar-refractivity contribution in [3.8, 4) is 0 Å². The molecule has 10 N–H and O–H groups in total. The summed E-state index contributed by atoms with van der Waals surface area (Å²) in [5.74, 6) is -6.02. The summed E-state index contributed by atoms with van der Waals surface area (Å²) in [6.45, 7) is 15.1. The first-order valence-electron chi connectivity index (χ1n) is 23.1. The summed E-state index contributed by atoms with van der Waals surface area (Å²) >= 11 is 0. The lowest BCUT2D eigenvalue weighted by Gasteiger charge is -2.36. The lowest BCUT2D eigenvalue weighted by molar-refractivity contribution is -0.143. The van der Waals surface area contributed by atoms with Crippen LogP contribution in [0.15, 0.2) is 97.1 Å². The Kier molecular flexibility index (Phi) is 18.4. The summed E-state index contributed by atoms with van der Waals surface area (Å²) in [6.07, 6.45) is -3.21. The van der Waals surface area contributed by atoms with Gasteiger partial charge in [0.1, 0.15) is 24.0 Å². The van der Waals surface area contributed by atoms with Gasteiger partial charge in [-0.3, -0.25) is 44.2 Å². The first kappa shape index (κ1) is 55.4. The third kappa shape index (κ3) is 15.7. The third-order valence-electron chi connectivity index (χ3n) is 12.3. The average Bonchev–Trinajstić information content (AvgIpc) is 3.27. The molecule has 6 atom stereocenters. The van der Waals surface area contributed by atoms with Crippen molar-refractivity contribution in [3.05, 3.63) is 119 Å². The molecule has 4 rings (SSSR count). The minimum atomic E-state index is -1.61. The van der Waals surface area contributed by atoms with Gasteiger partial charge >= 0.3 is 5.97 Å². The molecule has 4 aromatic carbocycles. The second-order valence-electron chi connectivity index (χ2n) is 20.3. The number of fused-ring (bicyclic) bond motifs is 1. The van der Waals surface area contributed by atoms with Crippen LogP contribution in [0.3, 0.4) is 0 Å². The van der Waals surface area contributed by atoms with Gasteiger partial charge in [-0.2, -0.15) is 0 Å². The molecule has 0 aromatic heterocycles. The number of Topliss-reactive ketones (excluding diaryl/α,β-unsaturated/α-hetero) is 2. The Balaban J connectivity index is 1.61. The van der Waals surface area contributed by atoms with E-state index in [0.717, 1.165) is 16.3 Å². The van der Waals surface area contributed by atoms with Crippen molar-refractivity contribution in [2.75, 3.05) is 0 Å². The maximum absolute atomic E-state index is 14.5. The minimum Gasteiger partial charge on any atom is -0.480 e. The zero-order valence-corrected chi connectivity index (χ0v) is 41.3. The van der Waals surface area contributed by atoms with E-state index in [2.05, 4.69) is 26.6 Å². The number of aliphatic hydroxyl groups excluding tert-OH is 2. The Morgan fingerprint density at radius 1 is 0.580 bits per heavy atom. The van der Waals surface area contributed by atoms with Gasteiger partial charge in [0.2, 0.25) is 17.7 Å². The Morgan fingerprint density at radius 3 is 1.71 bits per heavy atom. The zero-order chi connectivity index (χ0) is 51.6. The smallest absolute Gasteiger partial charge is 0.325 e. The van der Waals surface area contributed by atoms with Gasteiger partial charge in [-0.25, -0.2) is 0 Å². The number of nitrogens with one attached hydrogen (secondary N) is 5. The lowest BCUT2D eigenvalue weighted by Crippen LogP contribution is -2.64. The number of benzene rings is 4. The van der Waals surface area contributed by atoms with Gasteiger partial charge in [-0.1, -0.05) is 104 Å². The molecule has 16 heteroatoms. The van der Waals surface area contributed by atoms with E-state index in [-0.39, 0.29) is 30.8 Å². The Hall–Kier alpha value is -6.17.